The van der Waals surface area contributed by atoms with E-state index in [1.807, 2.05) is 19.1 Å². The maximum atomic E-state index is 10.7. The first-order valence-corrected chi connectivity index (χ1v) is 7.73. The van der Waals surface area contributed by atoms with Gasteiger partial charge in [-0.1, -0.05) is 41.5 Å². The van der Waals surface area contributed by atoms with Gasteiger partial charge in [-0.05, 0) is 47.7 Å². The fourth-order valence-corrected chi connectivity index (χ4v) is 2.24. The number of hydrogen-bond donors (Lipinski definition) is 3. The molecule has 1 rings (SSSR count). The molecule has 0 saturated carbocycles. The third kappa shape index (κ3) is 4.44. The molecule has 5 heteroatoms. The number of thiocarbonyl (C=S) groups is 1. The summed E-state index contributed by atoms with van der Waals surface area (Å²) in [5, 5.41) is 15.0. The van der Waals surface area contributed by atoms with Gasteiger partial charge < -0.3 is 10.8 Å². The number of phenols is 1. The molecule has 0 bridgehead atoms. The lowest BCUT2D eigenvalue weighted by molar-refractivity contribution is 0.423. The van der Waals surface area contributed by atoms with E-state index < -0.39 is 0 Å². The largest absolute Gasteiger partial charge is 0.507 e. The Morgan fingerprint density at radius 3 is 1.82 bits per heavy atom. The number of nitrogens with two attached hydrogens (primary N) is 1. The Bertz CT molecular complexity index is 572. The lowest BCUT2D eigenvalue weighted by Gasteiger charge is -2.28. The van der Waals surface area contributed by atoms with Crippen LogP contribution in [-0.2, 0) is 10.8 Å². The summed E-state index contributed by atoms with van der Waals surface area (Å²) < 4.78 is 0. The van der Waals surface area contributed by atoms with Crippen molar-refractivity contribution in [3.05, 3.63) is 28.8 Å². The van der Waals surface area contributed by atoms with Crippen molar-refractivity contribution in [1.29, 1.82) is 0 Å². The van der Waals surface area contributed by atoms with E-state index >= 15 is 0 Å². The number of benzene rings is 1. The van der Waals surface area contributed by atoms with E-state index in [1.54, 1.807) is 0 Å². The highest BCUT2D eigenvalue weighted by molar-refractivity contribution is 7.80. The van der Waals surface area contributed by atoms with Crippen molar-refractivity contribution < 1.29 is 5.11 Å². The summed E-state index contributed by atoms with van der Waals surface area (Å²) in [7, 11) is 0. The minimum Gasteiger partial charge on any atom is -0.507 e. The lowest BCUT2D eigenvalue weighted by atomic mass is 9.78. The molecule has 122 valence electrons. The molecule has 0 aliphatic rings. The maximum Gasteiger partial charge on any atom is 0.184 e. The molecule has 0 radical (unpaired) electrons. The second-order valence-electron chi connectivity index (χ2n) is 7.59. The van der Waals surface area contributed by atoms with Gasteiger partial charge in [-0.2, -0.15) is 5.10 Å². The summed E-state index contributed by atoms with van der Waals surface area (Å²) in [4.78, 5) is 0. The number of hydrogen-bond acceptors (Lipinski definition) is 3. The summed E-state index contributed by atoms with van der Waals surface area (Å²) in [5.41, 5.74) is 11.2. The Labute approximate surface area is 138 Å². The van der Waals surface area contributed by atoms with E-state index in [1.165, 1.54) is 0 Å². The molecule has 0 atom stereocenters. The SMILES string of the molecule is CC(=NNC(N)=S)c1cc(C(C)(C)C)c(O)c(C(C)(C)C)c1. The molecule has 0 amide bonds. The Hall–Kier alpha value is -1.62. The van der Waals surface area contributed by atoms with Crippen molar-refractivity contribution in [1.82, 2.24) is 5.43 Å². The van der Waals surface area contributed by atoms with Crippen molar-refractivity contribution in [3.8, 4) is 5.75 Å². The van der Waals surface area contributed by atoms with Crippen molar-refractivity contribution in [2.75, 3.05) is 0 Å². The first-order chi connectivity index (χ1) is 9.84. The van der Waals surface area contributed by atoms with Crippen molar-refractivity contribution in [2.45, 2.75) is 59.3 Å². The Morgan fingerprint density at radius 1 is 1.09 bits per heavy atom. The molecule has 4 nitrogen and oxygen atoms in total. The minimum absolute atomic E-state index is 0.130. The predicted molar refractivity (Wildman–Crippen MR) is 97.6 cm³/mol. The van der Waals surface area contributed by atoms with E-state index in [9.17, 15) is 5.11 Å². The molecule has 0 aliphatic carbocycles. The molecule has 0 aliphatic heterocycles. The van der Waals surface area contributed by atoms with E-state index in [2.05, 4.69) is 52.1 Å². The second kappa shape index (κ2) is 6.24. The number of rotatable bonds is 2. The van der Waals surface area contributed by atoms with Crippen LogP contribution in [0.25, 0.3) is 0 Å². The van der Waals surface area contributed by atoms with Crippen molar-refractivity contribution in [2.24, 2.45) is 10.8 Å². The summed E-state index contributed by atoms with van der Waals surface area (Å²) in [5.74, 6) is 0.360. The Morgan fingerprint density at radius 2 is 1.50 bits per heavy atom. The monoisotopic (exact) mass is 321 g/mol. The van der Waals surface area contributed by atoms with Gasteiger partial charge >= 0.3 is 0 Å². The van der Waals surface area contributed by atoms with Crippen LogP contribution in [0.4, 0.5) is 0 Å². The zero-order valence-electron chi connectivity index (χ0n) is 14.5. The number of phenolic OH excluding ortho intramolecular Hbond substituents is 1. The smallest absolute Gasteiger partial charge is 0.184 e. The zero-order valence-corrected chi connectivity index (χ0v) is 15.4. The lowest BCUT2D eigenvalue weighted by Crippen LogP contribution is -2.25. The van der Waals surface area contributed by atoms with Gasteiger partial charge in [-0.15, -0.1) is 0 Å². The first-order valence-electron chi connectivity index (χ1n) is 7.32. The highest BCUT2D eigenvalue weighted by atomic mass is 32.1. The van der Waals surface area contributed by atoms with Crippen LogP contribution < -0.4 is 11.2 Å². The van der Waals surface area contributed by atoms with Crippen LogP contribution in [0.15, 0.2) is 17.2 Å². The second-order valence-corrected chi connectivity index (χ2v) is 8.03. The molecule has 0 saturated heterocycles. The molecule has 4 N–H and O–H groups in total. The van der Waals surface area contributed by atoms with E-state index in [4.69, 9.17) is 18.0 Å². The minimum atomic E-state index is -0.170. The summed E-state index contributed by atoms with van der Waals surface area (Å²) in [6.45, 7) is 14.4. The van der Waals surface area contributed by atoms with Gasteiger partial charge in [-0.3, -0.25) is 5.43 Å². The van der Waals surface area contributed by atoms with Crippen LogP contribution >= 0.6 is 12.2 Å². The Balaban J connectivity index is 3.54. The molecule has 1 aromatic rings. The average Bonchev–Trinajstić information content (AvgIpc) is 2.33. The predicted octanol–water partition coefficient (Wildman–Crippen LogP) is 3.54. The fourth-order valence-electron chi connectivity index (χ4n) is 2.19. The van der Waals surface area contributed by atoms with Gasteiger partial charge in [0.05, 0.1) is 5.71 Å². The molecule has 0 heterocycles. The van der Waals surface area contributed by atoms with Gasteiger partial charge in [0.2, 0.25) is 0 Å². The van der Waals surface area contributed by atoms with E-state index in [0.29, 0.717) is 5.75 Å². The number of nitrogens with one attached hydrogen (secondary N) is 1. The average molecular weight is 321 g/mol. The highest BCUT2D eigenvalue weighted by Crippen LogP contribution is 2.39. The standard InChI is InChI=1S/C17H27N3OS/c1-10(19-20-15(18)22)11-8-12(16(2,3)4)14(21)13(9-11)17(5,6)7/h8-9,21H,1-7H3,(H3,18,20,22). The van der Waals surface area contributed by atoms with Crippen LogP contribution in [0.3, 0.4) is 0 Å². The molecule has 22 heavy (non-hydrogen) atoms. The normalized spacial score (nSPS) is 13.1. The van der Waals surface area contributed by atoms with Gasteiger partial charge in [-0.25, -0.2) is 0 Å². The fraction of sp³-hybridized carbons (Fsp3) is 0.529. The number of hydrazone groups is 1. The van der Waals surface area contributed by atoms with Gasteiger partial charge in [0.1, 0.15) is 5.75 Å². The quantitative estimate of drug-likeness (QED) is 0.442. The summed E-state index contributed by atoms with van der Waals surface area (Å²) in [6, 6.07) is 3.95. The van der Waals surface area contributed by atoms with Crippen molar-refractivity contribution >= 4 is 23.0 Å². The zero-order chi connectivity index (χ0) is 17.3. The van der Waals surface area contributed by atoms with Crippen LogP contribution in [-0.4, -0.2) is 15.9 Å². The van der Waals surface area contributed by atoms with Crippen LogP contribution in [0.1, 0.15) is 65.2 Å². The van der Waals surface area contributed by atoms with Gasteiger partial charge in [0.15, 0.2) is 5.11 Å². The van der Waals surface area contributed by atoms with Gasteiger partial charge in [0.25, 0.3) is 0 Å². The van der Waals surface area contributed by atoms with Crippen LogP contribution in [0.5, 0.6) is 5.75 Å². The van der Waals surface area contributed by atoms with Crippen molar-refractivity contribution in [3.63, 3.8) is 0 Å². The molecular weight excluding hydrogens is 294 g/mol. The Kier molecular flexibility index (Phi) is 5.23. The van der Waals surface area contributed by atoms with E-state index in [0.717, 1.165) is 22.4 Å². The molecule has 1 aromatic carbocycles. The van der Waals surface area contributed by atoms with Crippen LogP contribution in [0, 0.1) is 0 Å². The molecule has 0 fully saturated rings. The number of aromatic hydroxyl groups is 1. The maximum absolute atomic E-state index is 10.7. The third-order valence-electron chi connectivity index (χ3n) is 3.48. The van der Waals surface area contributed by atoms with Gasteiger partial charge in [0, 0.05) is 11.1 Å². The van der Waals surface area contributed by atoms with Crippen LogP contribution in [0.2, 0.25) is 0 Å². The number of nitrogens with zero attached hydrogens (tertiary/aromatic N) is 1. The molecule has 0 spiro atoms. The highest BCUT2D eigenvalue weighted by Gasteiger charge is 2.26. The topological polar surface area (TPSA) is 70.6 Å². The summed E-state index contributed by atoms with van der Waals surface area (Å²) in [6.07, 6.45) is 0. The molecule has 0 aromatic heterocycles. The third-order valence-corrected chi connectivity index (χ3v) is 3.57. The summed E-state index contributed by atoms with van der Waals surface area (Å²) >= 11 is 4.77. The molecular formula is C17H27N3OS. The first kappa shape index (κ1) is 18.4. The molecule has 0 unspecified atom stereocenters. The van der Waals surface area contributed by atoms with E-state index in [-0.39, 0.29) is 15.9 Å².